The summed E-state index contributed by atoms with van der Waals surface area (Å²) in [5.41, 5.74) is 5.68. The van der Waals surface area contributed by atoms with E-state index in [0.29, 0.717) is 5.92 Å². The van der Waals surface area contributed by atoms with E-state index in [-0.39, 0.29) is 12.1 Å². The molecule has 0 bridgehead atoms. The Morgan fingerprint density at radius 1 is 1.58 bits per heavy atom. The Morgan fingerprint density at radius 2 is 2.08 bits per heavy atom. The minimum absolute atomic E-state index is 0.0897. The van der Waals surface area contributed by atoms with Gasteiger partial charge >= 0.3 is 6.03 Å². The van der Waals surface area contributed by atoms with E-state index in [2.05, 4.69) is 0 Å². The molecule has 0 aliphatic carbocycles. The highest BCUT2D eigenvalue weighted by Crippen LogP contribution is 2.18. The van der Waals surface area contributed by atoms with Crippen molar-refractivity contribution in [1.29, 1.82) is 0 Å². The number of carbonyl (C=O) groups excluding carboxylic acids is 1. The third-order valence-electron chi connectivity index (χ3n) is 2.31. The molecule has 1 unspecified atom stereocenters. The number of nitrogens with zero attached hydrogens (tertiary/aromatic N) is 2. The molecule has 1 fully saturated rings. The lowest BCUT2D eigenvalue weighted by molar-refractivity contribution is 0.0917. The minimum atomic E-state index is 0.0897. The van der Waals surface area contributed by atoms with Crippen LogP contribution in [0.4, 0.5) is 4.79 Å². The Balaban J connectivity index is 2.30. The summed E-state index contributed by atoms with van der Waals surface area (Å²) in [5.74, 6) is 0.494. The Hall–Kier alpha value is -0.770. The Morgan fingerprint density at radius 3 is 2.42 bits per heavy atom. The zero-order valence-corrected chi connectivity index (χ0v) is 7.95. The van der Waals surface area contributed by atoms with Gasteiger partial charge in [0.05, 0.1) is 0 Å². The van der Waals surface area contributed by atoms with Crippen LogP contribution in [0.25, 0.3) is 0 Å². The van der Waals surface area contributed by atoms with Crippen LogP contribution in [0.3, 0.4) is 0 Å². The van der Waals surface area contributed by atoms with Crippen LogP contribution < -0.4 is 5.73 Å². The number of rotatable bonds is 1. The summed E-state index contributed by atoms with van der Waals surface area (Å²) >= 11 is 0. The summed E-state index contributed by atoms with van der Waals surface area (Å²) in [5, 5.41) is 0. The Labute approximate surface area is 73.3 Å². The normalized spacial score (nSPS) is 20.2. The van der Waals surface area contributed by atoms with Gasteiger partial charge in [-0.05, 0) is 6.92 Å². The molecule has 70 valence electrons. The molecule has 1 atom stereocenters. The summed E-state index contributed by atoms with van der Waals surface area (Å²) < 4.78 is 0. The first-order chi connectivity index (χ1) is 5.52. The predicted octanol–water partition coefficient (Wildman–Crippen LogP) is -0.0530. The lowest BCUT2D eigenvalue weighted by atomic mass is 9.94. The molecule has 0 saturated carbocycles. The summed E-state index contributed by atoms with van der Waals surface area (Å²) in [4.78, 5) is 14.7. The second-order valence-corrected chi connectivity index (χ2v) is 3.70. The van der Waals surface area contributed by atoms with Gasteiger partial charge in [0.1, 0.15) is 0 Å². The van der Waals surface area contributed by atoms with E-state index in [4.69, 9.17) is 5.73 Å². The first kappa shape index (κ1) is 9.32. The van der Waals surface area contributed by atoms with Gasteiger partial charge in [0.15, 0.2) is 0 Å². The molecule has 4 nitrogen and oxygen atoms in total. The van der Waals surface area contributed by atoms with Gasteiger partial charge < -0.3 is 15.5 Å². The van der Waals surface area contributed by atoms with Crippen molar-refractivity contribution >= 4 is 6.03 Å². The van der Waals surface area contributed by atoms with Crippen molar-refractivity contribution in [2.45, 2.75) is 13.0 Å². The summed E-state index contributed by atoms with van der Waals surface area (Å²) in [6, 6.07) is 0.295. The molecular weight excluding hydrogens is 154 g/mol. The van der Waals surface area contributed by atoms with E-state index in [1.807, 2.05) is 11.8 Å². The van der Waals surface area contributed by atoms with Crippen LogP contribution in [0.15, 0.2) is 0 Å². The zero-order valence-electron chi connectivity index (χ0n) is 7.95. The highest BCUT2D eigenvalue weighted by Gasteiger charge is 2.33. The number of likely N-dealkylation sites (tertiary alicyclic amines) is 1. The van der Waals surface area contributed by atoms with Crippen molar-refractivity contribution in [3.05, 3.63) is 0 Å². The maximum Gasteiger partial charge on any atom is 0.319 e. The molecular formula is C8H17N3O. The number of hydrogen-bond donors (Lipinski definition) is 1. The molecule has 0 spiro atoms. The Bertz CT molecular complexity index is 173. The van der Waals surface area contributed by atoms with E-state index in [1.165, 1.54) is 0 Å². The maximum atomic E-state index is 11.3. The highest BCUT2D eigenvalue weighted by atomic mass is 16.2. The third-order valence-corrected chi connectivity index (χ3v) is 2.31. The van der Waals surface area contributed by atoms with Gasteiger partial charge in [-0.1, -0.05) is 0 Å². The van der Waals surface area contributed by atoms with Crippen LogP contribution in [-0.4, -0.2) is 49.1 Å². The molecule has 1 heterocycles. The fourth-order valence-corrected chi connectivity index (χ4v) is 1.28. The monoisotopic (exact) mass is 171 g/mol. The molecule has 1 saturated heterocycles. The second-order valence-electron chi connectivity index (χ2n) is 3.70. The molecule has 2 N–H and O–H groups in total. The van der Waals surface area contributed by atoms with Crippen molar-refractivity contribution in [1.82, 2.24) is 9.80 Å². The molecule has 12 heavy (non-hydrogen) atoms. The molecule has 0 aromatic rings. The topological polar surface area (TPSA) is 49.6 Å². The van der Waals surface area contributed by atoms with Gasteiger partial charge in [0.25, 0.3) is 0 Å². The lowest BCUT2D eigenvalue weighted by Crippen LogP contribution is -2.57. The van der Waals surface area contributed by atoms with Gasteiger partial charge in [-0.25, -0.2) is 4.79 Å². The van der Waals surface area contributed by atoms with E-state index < -0.39 is 0 Å². The van der Waals surface area contributed by atoms with Crippen molar-refractivity contribution in [3.63, 3.8) is 0 Å². The SMILES string of the molecule is CC(N)C1CN(C(=O)N(C)C)C1. The van der Waals surface area contributed by atoms with E-state index in [0.717, 1.165) is 13.1 Å². The van der Waals surface area contributed by atoms with E-state index in [1.54, 1.807) is 19.0 Å². The first-order valence-electron chi connectivity index (χ1n) is 4.24. The fraction of sp³-hybridized carbons (Fsp3) is 0.875. The van der Waals surface area contributed by atoms with Gasteiger partial charge in [0.2, 0.25) is 0 Å². The molecule has 1 rings (SSSR count). The maximum absolute atomic E-state index is 11.3. The molecule has 0 radical (unpaired) electrons. The summed E-state index contributed by atoms with van der Waals surface area (Å²) in [6.07, 6.45) is 0. The first-order valence-corrected chi connectivity index (χ1v) is 4.24. The average molecular weight is 171 g/mol. The standard InChI is InChI=1S/C8H17N3O/c1-6(9)7-4-11(5-7)8(12)10(2)3/h6-7H,4-5,9H2,1-3H3. The van der Waals surface area contributed by atoms with Crippen LogP contribution in [0.2, 0.25) is 0 Å². The summed E-state index contributed by atoms with van der Waals surface area (Å²) in [6.45, 7) is 3.62. The van der Waals surface area contributed by atoms with Gasteiger partial charge in [-0.2, -0.15) is 0 Å². The number of carbonyl (C=O) groups is 1. The predicted molar refractivity (Wildman–Crippen MR) is 47.8 cm³/mol. The third kappa shape index (κ3) is 1.69. The van der Waals surface area contributed by atoms with Crippen molar-refractivity contribution in [2.24, 2.45) is 11.7 Å². The van der Waals surface area contributed by atoms with Crippen LogP contribution in [0, 0.1) is 5.92 Å². The number of amides is 2. The molecule has 1 aliphatic heterocycles. The minimum Gasteiger partial charge on any atom is -0.331 e. The Kier molecular flexibility index (Phi) is 2.57. The summed E-state index contributed by atoms with van der Waals surface area (Å²) in [7, 11) is 3.53. The average Bonchev–Trinajstić information content (AvgIpc) is 1.82. The largest absolute Gasteiger partial charge is 0.331 e. The van der Waals surface area contributed by atoms with E-state index in [9.17, 15) is 4.79 Å². The van der Waals surface area contributed by atoms with Gasteiger partial charge in [-0.15, -0.1) is 0 Å². The van der Waals surface area contributed by atoms with Gasteiger partial charge in [-0.3, -0.25) is 0 Å². The number of hydrogen-bond acceptors (Lipinski definition) is 2. The quantitative estimate of drug-likeness (QED) is 0.601. The van der Waals surface area contributed by atoms with Crippen LogP contribution in [0.5, 0.6) is 0 Å². The molecule has 0 aromatic heterocycles. The van der Waals surface area contributed by atoms with Crippen LogP contribution >= 0.6 is 0 Å². The number of nitrogens with two attached hydrogens (primary N) is 1. The highest BCUT2D eigenvalue weighted by molar-refractivity contribution is 5.74. The molecule has 1 aliphatic rings. The van der Waals surface area contributed by atoms with Crippen molar-refractivity contribution < 1.29 is 4.79 Å². The smallest absolute Gasteiger partial charge is 0.319 e. The number of urea groups is 1. The van der Waals surface area contributed by atoms with Crippen LogP contribution in [-0.2, 0) is 0 Å². The molecule has 4 heteroatoms. The molecule has 0 aromatic carbocycles. The van der Waals surface area contributed by atoms with Crippen molar-refractivity contribution in [2.75, 3.05) is 27.2 Å². The molecule has 2 amide bonds. The zero-order chi connectivity index (χ0) is 9.30. The second kappa shape index (κ2) is 3.31. The van der Waals surface area contributed by atoms with Gasteiger partial charge in [0, 0.05) is 39.1 Å². The van der Waals surface area contributed by atoms with Crippen molar-refractivity contribution in [3.8, 4) is 0 Å². The van der Waals surface area contributed by atoms with E-state index >= 15 is 0 Å². The lowest BCUT2D eigenvalue weighted by Gasteiger charge is -2.42. The van der Waals surface area contributed by atoms with Crippen LogP contribution in [0.1, 0.15) is 6.92 Å². The fourth-order valence-electron chi connectivity index (χ4n) is 1.28.